The van der Waals surface area contributed by atoms with Gasteiger partial charge in [0, 0.05) is 11.6 Å². The molecule has 2 rings (SSSR count). The minimum Gasteiger partial charge on any atom is -0.392 e. The Morgan fingerprint density at radius 2 is 1.85 bits per heavy atom. The van der Waals surface area contributed by atoms with Gasteiger partial charge in [-0.3, -0.25) is 0 Å². The van der Waals surface area contributed by atoms with Gasteiger partial charge in [0.2, 0.25) is 10.0 Å². The molecule has 0 aliphatic heterocycles. The molecular weight excluding hydrogens is 321 g/mol. The first-order valence-electron chi connectivity index (χ1n) is 6.52. The van der Waals surface area contributed by atoms with E-state index in [2.05, 4.69) is 4.72 Å². The lowest BCUT2D eigenvalue weighted by atomic mass is 10.1. The monoisotopic (exact) mass is 337 g/mol. The van der Waals surface area contributed by atoms with E-state index < -0.39 is 10.0 Å². The number of rotatable bonds is 5. The van der Waals surface area contributed by atoms with Gasteiger partial charge in [0.15, 0.2) is 0 Å². The molecule has 0 aromatic heterocycles. The number of nitrogens with one attached hydrogen (secondary N) is 1. The molecule has 0 unspecified atom stereocenters. The number of hydrogen-bond acceptors (Lipinski definition) is 3. The first-order valence-corrected chi connectivity index (χ1v) is 8.76. The van der Waals surface area contributed by atoms with Crippen molar-refractivity contribution in [1.82, 2.24) is 4.72 Å². The van der Waals surface area contributed by atoms with Gasteiger partial charge in [0.25, 0.3) is 0 Å². The van der Waals surface area contributed by atoms with Crippen LogP contribution in [0.2, 0.25) is 10.0 Å². The van der Waals surface area contributed by atoms with Gasteiger partial charge in [-0.1, -0.05) is 36.0 Å². The summed E-state index contributed by atoms with van der Waals surface area (Å²) in [5, 5.41) is 9.48. The van der Waals surface area contributed by atoms with Crippen LogP contribution in [0.5, 0.6) is 0 Å². The first-order chi connectivity index (χ1) is 9.44. The third-order valence-electron chi connectivity index (χ3n) is 3.60. The summed E-state index contributed by atoms with van der Waals surface area (Å²) < 4.78 is 27.1. The van der Waals surface area contributed by atoms with Crippen molar-refractivity contribution >= 4 is 33.2 Å². The van der Waals surface area contributed by atoms with Crippen LogP contribution in [0, 0.1) is 5.92 Å². The van der Waals surface area contributed by atoms with Crippen LogP contribution in [-0.4, -0.2) is 20.1 Å². The van der Waals surface area contributed by atoms with Gasteiger partial charge >= 0.3 is 0 Å². The Morgan fingerprint density at radius 3 is 2.45 bits per heavy atom. The summed E-state index contributed by atoms with van der Waals surface area (Å²) in [6.07, 6.45) is 4.42. The van der Waals surface area contributed by atoms with Gasteiger partial charge in [-0.25, -0.2) is 13.1 Å². The SMILES string of the molecule is O=S(=O)(NCC1CCCC1)c1cc(CO)c(Cl)cc1Cl. The lowest BCUT2D eigenvalue weighted by Crippen LogP contribution is -2.28. The van der Waals surface area contributed by atoms with Crippen molar-refractivity contribution in [3.63, 3.8) is 0 Å². The predicted octanol–water partition coefficient (Wildman–Crippen LogP) is 2.95. The predicted molar refractivity (Wildman–Crippen MR) is 79.5 cm³/mol. The Labute approximate surface area is 129 Å². The molecule has 7 heteroatoms. The Kier molecular flexibility index (Phi) is 5.31. The average Bonchev–Trinajstić information content (AvgIpc) is 2.89. The normalized spacial score (nSPS) is 16.8. The molecule has 1 aliphatic carbocycles. The second-order valence-electron chi connectivity index (χ2n) is 5.03. The molecule has 0 radical (unpaired) electrons. The summed E-state index contributed by atoms with van der Waals surface area (Å²) in [7, 11) is -3.68. The summed E-state index contributed by atoms with van der Waals surface area (Å²) in [6, 6.07) is 2.67. The van der Waals surface area contributed by atoms with Gasteiger partial charge in [-0.2, -0.15) is 0 Å². The van der Waals surface area contributed by atoms with Crippen molar-refractivity contribution in [3.8, 4) is 0 Å². The third-order valence-corrected chi connectivity index (χ3v) is 5.84. The molecule has 0 amide bonds. The molecule has 0 bridgehead atoms. The van der Waals surface area contributed by atoms with E-state index in [1.807, 2.05) is 0 Å². The maximum atomic E-state index is 12.3. The van der Waals surface area contributed by atoms with E-state index in [1.54, 1.807) is 0 Å². The zero-order valence-corrected chi connectivity index (χ0v) is 13.2. The van der Waals surface area contributed by atoms with E-state index in [0.29, 0.717) is 18.0 Å². The highest BCUT2D eigenvalue weighted by Crippen LogP contribution is 2.29. The summed E-state index contributed by atoms with van der Waals surface area (Å²) in [6.45, 7) is 0.0941. The standard InChI is InChI=1S/C13H17Cl2NO3S/c14-11-6-12(15)13(5-10(11)8-17)20(18,19)16-7-9-3-1-2-4-9/h5-6,9,16-17H,1-4,7-8H2. The van der Waals surface area contributed by atoms with Crippen LogP contribution >= 0.6 is 23.2 Å². The second kappa shape index (κ2) is 6.62. The van der Waals surface area contributed by atoms with E-state index in [9.17, 15) is 8.42 Å². The van der Waals surface area contributed by atoms with Crippen molar-refractivity contribution < 1.29 is 13.5 Å². The highest BCUT2D eigenvalue weighted by Gasteiger charge is 2.22. The number of benzene rings is 1. The van der Waals surface area contributed by atoms with Crippen LogP contribution in [-0.2, 0) is 16.6 Å². The zero-order valence-electron chi connectivity index (χ0n) is 10.9. The maximum Gasteiger partial charge on any atom is 0.242 e. The third kappa shape index (κ3) is 3.65. The molecule has 1 saturated carbocycles. The van der Waals surface area contributed by atoms with Gasteiger partial charge in [-0.15, -0.1) is 0 Å². The summed E-state index contributed by atoms with van der Waals surface area (Å²) >= 11 is 11.8. The van der Waals surface area contributed by atoms with Crippen molar-refractivity contribution in [3.05, 3.63) is 27.7 Å². The molecule has 0 heterocycles. The molecule has 1 aliphatic rings. The maximum absolute atomic E-state index is 12.3. The van der Waals surface area contributed by atoms with Gasteiger partial charge in [-0.05, 0) is 36.5 Å². The number of sulfonamides is 1. The van der Waals surface area contributed by atoms with Gasteiger partial charge in [0.05, 0.1) is 11.6 Å². The lowest BCUT2D eigenvalue weighted by Gasteiger charge is -2.13. The van der Waals surface area contributed by atoms with Crippen molar-refractivity contribution in [2.24, 2.45) is 5.92 Å². The molecule has 1 aromatic carbocycles. The van der Waals surface area contributed by atoms with E-state index in [0.717, 1.165) is 25.7 Å². The topological polar surface area (TPSA) is 66.4 Å². The van der Waals surface area contributed by atoms with Crippen molar-refractivity contribution in [2.75, 3.05) is 6.54 Å². The summed E-state index contributed by atoms with van der Waals surface area (Å²) in [4.78, 5) is -0.0365. The van der Waals surface area contributed by atoms with E-state index >= 15 is 0 Å². The fourth-order valence-electron chi connectivity index (χ4n) is 2.42. The molecule has 20 heavy (non-hydrogen) atoms. The van der Waals surface area contributed by atoms with E-state index in [-0.39, 0.29) is 21.5 Å². The number of hydrogen-bond donors (Lipinski definition) is 2. The van der Waals surface area contributed by atoms with Gasteiger partial charge in [0.1, 0.15) is 4.90 Å². The quantitative estimate of drug-likeness (QED) is 0.867. The van der Waals surface area contributed by atoms with E-state index in [4.69, 9.17) is 28.3 Å². The van der Waals surface area contributed by atoms with Crippen LogP contribution < -0.4 is 4.72 Å². The Hall–Kier alpha value is -0.330. The van der Waals surface area contributed by atoms with Crippen LogP contribution in [0.1, 0.15) is 31.2 Å². The zero-order chi connectivity index (χ0) is 14.8. The molecule has 1 aromatic rings. The Bertz CT molecular complexity index is 584. The minimum atomic E-state index is -3.68. The van der Waals surface area contributed by atoms with Crippen LogP contribution in [0.4, 0.5) is 0 Å². The van der Waals surface area contributed by atoms with E-state index in [1.165, 1.54) is 12.1 Å². The molecule has 2 N–H and O–H groups in total. The molecular formula is C13H17Cl2NO3S. The highest BCUT2D eigenvalue weighted by molar-refractivity contribution is 7.89. The second-order valence-corrected chi connectivity index (χ2v) is 7.58. The number of halogens is 2. The summed E-state index contributed by atoms with van der Waals surface area (Å²) in [5.74, 6) is 0.396. The number of aliphatic hydroxyl groups excluding tert-OH is 1. The highest BCUT2D eigenvalue weighted by atomic mass is 35.5. The van der Waals surface area contributed by atoms with Gasteiger partial charge < -0.3 is 5.11 Å². The Balaban J connectivity index is 2.19. The Morgan fingerprint density at radius 1 is 1.20 bits per heavy atom. The molecule has 0 saturated heterocycles. The van der Waals surface area contributed by atoms with Crippen molar-refractivity contribution in [2.45, 2.75) is 37.2 Å². The van der Waals surface area contributed by atoms with Crippen LogP contribution in [0.15, 0.2) is 17.0 Å². The minimum absolute atomic E-state index is 0.0365. The average molecular weight is 338 g/mol. The molecule has 1 fully saturated rings. The molecule has 0 atom stereocenters. The number of aliphatic hydroxyl groups is 1. The lowest BCUT2D eigenvalue weighted by molar-refractivity contribution is 0.281. The fraction of sp³-hybridized carbons (Fsp3) is 0.538. The summed E-state index contributed by atoms with van der Waals surface area (Å²) in [5.41, 5.74) is 0.345. The molecule has 0 spiro atoms. The van der Waals surface area contributed by atoms with Crippen LogP contribution in [0.3, 0.4) is 0 Å². The smallest absolute Gasteiger partial charge is 0.242 e. The van der Waals surface area contributed by atoms with Crippen molar-refractivity contribution in [1.29, 1.82) is 0 Å². The largest absolute Gasteiger partial charge is 0.392 e. The first kappa shape index (κ1) is 16.0. The van der Waals surface area contributed by atoms with Crippen LogP contribution in [0.25, 0.3) is 0 Å². The molecule has 4 nitrogen and oxygen atoms in total. The molecule has 112 valence electrons. The fourth-order valence-corrected chi connectivity index (χ4v) is 4.39.